The molecule has 0 saturated carbocycles. The predicted molar refractivity (Wildman–Crippen MR) is 117 cm³/mol. The first-order valence-electron chi connectivity index (χ1n) is 10.1. The van der Waals surface area contributed by atoms with Gasteiger partial charge in [0.25, 0.3) is 0 Å². The van der Waals surface area contributed by atoms with Crippen LogP contribution in [0.15, 0.2) is 48.5 Å². The molecule has 0 aliphatic rings. The molecule has 158 valence electrons. The Morgan fingerprint density at radius 1 is 1.00 bits per heavy atom. The second-order valence-electron chi connectivity index (χ2n) is 7.00. The van der Waals surface area contributed by atoms with Crippen LogP contribution in [0.2, 0.25) is 0 Å². The molecule has 0 heterocycles. The molecule has 2 aromatic carbocycles. The van der Waals surface area contributed by atoms with Crippen LogP contribution in [0.5, 0.6) is 11.5 Å². The van der Waals surface area contributed by atoms with E-state index in [1.807, 2.05) is 55.5 Å². The molecule has 6 nitrogen and oxygen atoms in total. The maximum atomic E-state index is 12.4. The van der Waals surface area contributed by atoms with Gasteiger partial charge in [-0.3, -0.25) is 4.79 Å². The summed E-state index contributed by atoms with van der Waals surface area (Å²) >= 11 is 0. The molecule has 0 spiro atoms. The number of ether oxygens (including phenoxy) is 3. The molecule has 2 rings (SSSR count). The Labute approximate surface area is 173 Å². The minimum atomic E-state index is -0.156. The van der Waals surface area contributed by atoms with Crippen LogP contribution in [-0.4, -0.2) is 38.9 Å². The van der Waals surface area contributed by atoms with Crippen LogP contribution in [0.3, 0.4) is 0 Å². The lowest BCUT2D eigenvalue weighted by Gasteiger charge is -2.13. The van der Waals surface area contributed by atoms with Crippen molar-refractivity contribution in [2.45, 2.75) is 27.2 Å². The molecule has 29 heavy (non-hydrogen) atoms. The molecule has 0 radical (unpaired) electrons. The molecule has 0 atom stereocenters. The van der Waals surface area contributed by atoms with Gasteiger partial charge in [0.2, 0.25) is 5.91 Å². The zero-order chi connectivity index (χ0) is 20.9. The lowest BCUT2D eigenvalue weighted by Crippen LogP contribution is -2.22. The van der Waals surface area contributed by atoms with Gasteiger partial charge in [0, 0.05) is 18.4 Å². The van der Waals surface area contributed by atoms with Gasteiger partial charge in [-0.15, -0.1) is 0 Å². The van der Waals surface area contributed by atoms with Gasteiger partial charge in [0.15, 0.2) is 0 Å². The lowest BCUT2D eigenvalue weighted by atomic mass is 10.1. The average Bonchev–Trinajstić information content (AvgIpc) is 2.71. The van der Waals surface area contributed by atoms with Crippen LogP contribution in [-0.2, 0) is 9.53 Å². The van der Waals surface area contributed by atoms with Crippen molar-refractivity contribution < 1.29 is 19.0 Å². The van der Waals surface area contributed by atoms with Crippen LogP contribution in [0.25, 0.3) is 0 Å². The van der Waals surface area contributed by atoms with Crippen LogP contribution in [0.4, 0.5) is 11.4 Å². The summed E-state index contributed by atoms with van der Waals surface area (Å²) in [6.45, 7) is 8.69. The normalized spacial score (nSPS) is 10.6. The minimum absolute atomic E-state index is 0.142. The second-order valence-corrected chi connectivity index (χ2v) is 7.00. The largest absolute Gasteiger partial charge is 0.494 e. The Hall–Kier alpha value is -2.73. The fourth-order valence-electron chi connectivity index (χ4n) is 2.54. The summed E-state index contributed by atoms with van der Waals surface area (Å²) in [5.41, 5.74) is 1.48. The highest BCUT2D eigenvalue weighted by molar-refractivity contribution is 5.95. The molecule has 0 aromatic heterocycles. The van der Waals surface area contributed by atoms with E-state index in [1.54, 1.807) is 0 Å². The zero-order valence-corrected chi connectivity index (χ0v) is 17.6. The minimum Gasteiger partial charge on any atom is -0.494 e. The monoisotopic (exact) mass is 400 g/mol. The fourth-order valence-corrected chi connectivity index (χ4v) is 2.54. The Balaban J connectivity index is 1.83. The van der Waals surface area contributed by atoms with Crippen LogP contribution < -0.4 is 20.1 Å². The van der Waals surface area contributed by atoms with Crippen molar-refractivity contribution in [3.05, 3.63) is 48.5 Å². The van der Waals surface area contributed by atoms with Crippen molar-refractivity contribution in [1.29, 1.82) is 0 Å². The second kappa shape index (κ2) is 12.7. The molecule has 0 unspecified atom stereocenters. The summed E-state index contributed by atoms with van der Waals surface area (Å²) in [7, 11) is 0. The fraction of sp³-hybridized carbons (Fsp3) is 0.435. The molecule has 0 fully saturated rings. The highest BCUT2D eigenvalue weighted by Gasteiger charge is 2.08. The zero-order valence-electron chi connectivity index (χ0n) is 17.6. The first-order chi connectivity index (χ1) is 14.1. The third-order valence-corrected chi connectivity index (χ3v) is 4.10. The van der Waals surface area contributed by atoms with E-state index >= 15 is 0 Å². The Kier molecular flexibility index (Phi) is 9.86. The van der Waals surface area contributed by atoms with Crippen molar-refractivity contribution in [2.24, 2.45) is 5.92 Å². The summed E-state index contributed by atoms with van der Waals surface area (Å²) in [5.74, 6) is 1.87. The molecule has 0 aliphatic heterocycles. The molecule has 0 bridgehead atoms. The SMILES string of the molecule is CCOCCOc1ccccc1NC(=O)CNc1cccc(OCCC(C)C)c1. The summed E-state index contributed by atoms with van der Waals surface area (Å²) in [6.07, 6.45) is 1.01. The van der Waals surface area contributed by atoms with Crippen molar-refractivity contribution in [3.63, 3.8) is 0 Å². The molecule has 0 aliphatic carbocycles. The topological polar surface area (TPSA) is 68.8 Å². The maximum absolute atomic E-state index is 12.4. The van der Waals surface area contributed by atoms with Gasteiger partial charge < -0.3 is 24.8 Å². The van der Waals surface area contributed by atoms with Gasteiger partial charge in [-0.25, -0.2) is 0 Å². The predicted octanol–water partition coefficient (Wildman–Crippen LogP) is 4.58. The standard InChI is InChI=1S/C23H32N2O4/c1-4-27-14-15-29-22-11-6-5-10-21(22)25-23(26)17-24-19-8-7-9-20(16-19)28-13-12-18(2)3/h5-11,16,18,24H,4,12-15,17H2,1-3H3,(H,25,26). The van der Waals surface area contributed by atoms with Gasteiger partial charge >= 0.3 is 0 Å². The van der Waals surface area contributed by atoms with Gasteiger partial charge in [-0.1, -0.05) is 32.0 Å². The summed E-state index contributed by atoms with van der Waals surface area (Å²) < 4.78 is 16.7. The van der Waals surface area contributed by atoms with Gasteiger partial charge in [-0.05, 0) is 43.5 Å². The Morgan fingerprint density at radius 3 is 2.62 bits per heavy atom. The third kappa shape index (κ3) is 8.87. The third-order valence-electron chi connectivity index (χ3n) is 4.10. The number of carbonyl (C=O) groups excluding carboxylic acids is 1. The molecule has 6 heteroatoms. The van der Waals surface area contributed by atoms with E-state index in [2.05, 4.69) is 24.5 Å². The highest BCUT2D eigenvalue weighted by atomic mass is 16.5. The van der Waals surface area contributed by atoms with Crippen molar-refractivity contribution >= 4 is 17.3 Å². The van der Waals surface area contributed by atoms with E-state index in [-0.39, 0.29) is 12.5 Å². The van der Waals surface area contributed by atoms with Crippen LogP contribution >= 0.6 is 0 Å². The number of amides is 1. The molecule has 2 N–H and O–H groups in total. The molecule has 1 amide bonds. The first-order valence-corrected chi connectivity index (χ1v) is 10.1. The van der Waals surface area contributed by atoms with Gasteiger partial charge in [-0.2, -0.15) is 0 Å². The van der Waals surface area contributed by atoms with E-state index in [0.29, 0.717) is 43.8 Å². The number of rotatable bonds is 13. The number of carbonyl (C=O) groups is 1. The van der Waals surface area contributed by atoms with Crippen molar-refractivity contribution in [1.82, 2.24) is 0 Å². The quantitative estimate of drug-likeness (QED) is 0.482. The smallest absolute Gasteiger partial charge is 0.243 e. The van der Waals surface area contributed by atoms with E-state index in [4.69, 9.17) is 14.2 Å². The highest BCUT2D eigenvalue weighted by Crippen LogP contribution is 2.24. The Morgan fingerprint density at radius 2 is 1.83 bits per heavy atom. The summed E-state index contributed by atoms with van der Waals surface area (Å²) in [4.78, 5) is 12.4. The van der Waals surface area contributed by atoms with E-state index < -0.39 is 0 Å². The first kappa shape index (κ1) is 22.6. The number of anilines is 2. The number of hydrogen-bond acceptors (Lipinski definition) is 5. The average molecular weight is 401 g/mol. The van der Waals surface area contributed by atoms with E-state index in [0.717, 1.165) is 17.9 Å². The number of nitrogens with one attached hydrogen (secondary N) is 2. The summed E-state index contributed by atoms with van der Waals surface area (Å²) in [5, 5.41) is 6.02. The molecular weight excluding hydrogens is 368 g/mol. The van der Waals surface area contributed by atoms with Gasteiger partial charge in [0.05, 0.1) is 25.4 Å². The van der Waals surface area contributed by atoms with Crippen molar-refractivity contribution in [3.8, 4) is 11.5 Å². The maximum Gasteiger partial charge on any atom is 0.243 e. The van der Waals surface area contributed by atoms with E-state index in [1.165, 1.54) is 0 Å². The lowest BCUT2D eigenvalue weighted by molar-refractivity contribution is -0.114. The number of hydrogen-bond donors (Lipinski definition) is 2. The van der Waals surface area contributed by atoms with Crippen LogP contribution in [0, 0.1) is 5.92 Å². The van der Waals surface area contributed by atoms with Crippen molar-refractivity contribution in [2.75, 3.05) is 43.6 Å². The van der Waals surface area contributed by atoms with Gasteiger partial charge in [0.1, 0.15) is 18.1 Å². The number of para-hydroxylation sites is 2. The Bertz CT molecular complexity index is 749. The summed E-state index contributed by atoms with van der Waals surface area (Å²) in [6, 6.07) is 15.0. The molecule has 0 saturated heterocycles. The van der Waals surface area contributed by atoms with E-state index in [9.17, 15) is 4.79 Å². The molecular formula is C23H32N2O4. The number of benzene rings is 2. The molecule has 2 aromatic rings. The van der Waals surface area contributed by atoms with Crippen LogP contribution in [0.1, 0.15) is 27.2 Å².